The third kappa shape index (κ3) is 2.80. The van der Waals surface area contributed by atoms with Gasteiger partial charge in [-0.25, -0.2) is 0 Å². The molecule has 0 amide bonds. The molecule has 0 bridgehead atoms. The third-order valence-corrected chi connectivity index (χ3v) is 3.54. The average molecular weight is 167 g/mol. The molecule has 1 radical (unpaired) electrons. The summed E-state index contributed by atoms with van der Waals surface area (Å²) in [5.74, 6) is 3.68. The van der Waals surface area contributed by atoms with Crippen molar-refractivity contribution in [3.63, 3.8) is 0 Å². The molecule has 0 nitrogen and oxygen atoms in total. The molecule has 1 saturated carbocycles. The minimum atomic E-state index is 0.915. The second-order valence-corrected chi connectivity index (χ2v) is 4.52. The highest BCUT2D eigenvalue weighted by molar-refractivity contribution is 4.95. The zero-order valence-corrected chi connectivity index (χ0v) is 8.90. The fourth-order valence-corrected chi connectivity index (χ4v) is 2.14. The van der Waals surface area contributed by atoms with Gasteiger partial charge in [0.25, 0.3) is 0 Å². The van der Waals surface area contributed by atoms with Crippen LogP contribution in [0.15, 0.2) is 0 Å². The molecule has 0 saturated heterocycles. The second kappa shape index (κ2) is 4.89. The van der Waals surface area contributed by atoms with Gasteiger partial charge in [-0.15, -0.1) is 0 Å². The monoisotopic (exact) mass is 167 g/mol. The highest BCUT2D eigenvalue weighted by Gasteiger charge is 2.20. The molecule has 2 unspecified atom stereocenters. The first-order chi connectivity index (χ1) is 5.74. The summed E-state index contributed by atoms with van der Waals surface area (Å²) in [7, 11) is 0. The smallest absolute Gasteiger partial charge is 0.0238 e. The number of rotatable bonds is 4. The Hall–Kier alpha value is 0. The SMILES string of the molecule is CCC(C)C(C)C[C]1CCCC1. The lowest BCUT2D eigenvalue weighted by atomic mass is 9.85. The first kappa shape index (κ1) is 10.1. The van der Waals surface area contributed by atoms with Gasteiger partial charge in [0.2, 0.25) is 0 Å². The van der Waals surface area contributed by atoms with Crippen LogP contribution in [0.5, 0.6) is 0 Å². The molecule has 71 valence electrons. The van der Waals surface area contributed by atoms with Crippen molar-refractivity contribution in [2.24, 2.45) is 11.8 Å². The zero-order chi connectivity index (χ0) is 8.97. The molecular weight excluding hydrogens is 144 g/mol. The van der Waals surface area contributed by atoms with E-state index in [2.05, 4.69) is 20.8 Å². The predicted octanol–water partition coefficient (Wildman–Crippen LogP) is 4.21. The van der Waals surface area contributed by atoms with E-state index in [9.17, 15) is 0 Å². The minimum Gasteiger partial charge on any atom is -0.0651 e. The summed E-state index contributed by atoms with van der Waals surface area (Å²) in [5, 5.41) is 0. The highest BCUT2D eigenvalue weighted by Crippen LogP contribution is 2.34. The summed E-state index contributed by atoms with van der Waals surface area (Å²) >= 11 is 0. The summed E-state index contributed by atoms with van der Waals surface area (Å²) in [6.45, 7) is 7.11. The van der Waals surface area contributed by atoms with Crippen LogP contribution in [0.2, 0.25) is 0 Å². The van der Waals surface area contributed by atoms with Crippen molar-refractivity contribution in [1.82, 2.24) is 0 Å². The van der Waals surface area contributed by atoms with Crippen molar-refractivity contribution in [1.29, 1.82) is 0 Å². The van der Waals surface area contributed by atoms with Crippen LogP contribution in [0, 0.1) is 17.8 Å². The second-order valence-electron chi connectivity index (χ2n) is 4.52. The summed E-state index contributed by atoms with van der Waals surface area (Å²) in [5.41, 5.74) is 0. The Labute approximate surface area is 77.7 Å². The molecule has 0 heteroatoms. The van der Waals surface area contributed by atoms with Crippen LogP contribution in [0.4, 0.5) is 0 Å². The Kier molecular flexibility index (Phi) is 4.11. The molecule has 2 atom stereocenters. The van der Waals surface area contributed by atoms with Gasteiger partial charge in [0.05, 0.1) is 0 Å². The van der Waals surface area contributed by atoms with Crippen LogP contribution >= 0.6 is 0 Å². The van der Waals surface area contributed by atoms with E-state index in [4.69, 9.17) is 0 Å². The normalized spacial score (nSPS) is 24.2. The maximum Gasteiger partial charge on any atom is -0.0238 e. The van der Waals surface area contributed by atoms with Gasteiger partial charge in [-0.05, 0) is 37.0 Å². The lowest BCUT2D eigenvalue weighted by Crippen LogP contribution is -2.09. The Morgan fingerprint density at radius 2 is 1.67 bits per heavy atom. The highest BCUT2D eigenvalue weighted by atomic mass is 14.3. The topological polar surface area (TPSA) is 0 Å². The van der Waals surface area contributed by atoms with Gasteiger partial charge in [0.1, 0.15) is 0 Å². The van der Waals surface area contributed by atoms with Gasteiger partial charge in [-0.3, -0.25) is 0 Å². The van der Waals surface area contributed by atoms with Crippen molar-refractivity contribution >= 4 is 0 Å². The Morgan fingerprint density at radius 3 is 2.17 bits per heavy atom. The van der Waals surface area contributed by atoms with Crippen molar-refractivity contribution in [2.75, 3.05) is 0 Å². The molecule has 1 fully saturated rings. The van der Waals surface area contributed by atoms with E-state index in [-0.39, 0.29) is 0 Å². The minimum absolute atomic E-state index is 0.915. The lowest BCUT2D eigenvalue weighted by molar-refractivity contribution is 0.357. The van der Waals surface area contributed by atoms with E-state index in [1.54, 1.807) is 0 Å². The maximum absolute atomic E-state index is 2.42. The van der Waals surface area contributed by atoms with Crippen LogP contribution < -0.4 is 0 Å². The van der Waals surface area contributed by atoms with E-state index >= 15 is 0 Å². The summed E-state index contributed by atoms with van der Waals surface area (Å²) in [6.07, 6.45) is 8.54. The fraction of sp³-hybridized carbons (Fsp3) is 0.917. The van der Waals surface area contributed by atoms with Crippen LogP contribution in [0.25, 0.3) is 0 Å². The van der Waals surface area contributed by atoms with E-state index in [1.807, 2.05) is 5.92 Å². The van der Waals surface area contributed by atoms with Gasteiger partial charge in [-0.2, -0.15) is 0 Å². The van der Waals surface area contributed by atoms with Crippen LogP contribution in [0.3, 0.4) is 0 Å². The molecule has 1 aliphatic rings. The molecule has 0 aliphatic heterocycles. The van der Waals surface area contributed by atoms with Crippen LogP contribution in [-0.2, 0) is 0 Å². The van der Waals surface area contributed by atoms with Gasteiger partial charge in [0.15, 0.2) is 0 Å². The number of hydrogen-bond acceptors (Lipinski definition) is 0. The lowest BCUT2D eigenvalue weighted by Gasteiger charge is -2.21. The van der Waals surface area contributed by atoms with Crippen molar-refractivity contribution in [3.05, 3.63) is 5.92 Å². The standard InChI is InChI=1S/C12H23/c1-4-10(2)11(3)9-12-7-5-6-8-12/h10-11H,4-9H2,1-3H3. The molecule has 0 aromatic rings. The van der Waals surface area contributed by atoms with Crippen molar-refractivity contribution in [3.8, 4) is 0 Å². The average Bonchev–Trinajstić information content (AvgIpc) is 2.55. The van der Waals surface area contributed by atoms with Gasteiger partial charge in [0, 0.05) is 0 Å². The predicted molar refractivity (Wildman–Crippen MR) is 54.9 cm³/mol. The number of hydrogen-bond donors (Lipinski definition) is 0. The molecular formula is C12H23. The molecule has 0 spiro atoms. The van der Waals surface area contributed by atoms with Gasteiger partial charge >= 0.3 is 0 Å². The Bertz CT molecular complexity index is 111. The molecule has 1 rings (SSSR count). The van der Waals surface area contributed by atoms with Crippen LogP contribution in [0.1, 0.15) is 59.3 Å². The molecule has 12 heavy (non-hydrogen) atoms. The maximum atomic E-state index is 2.42. The third-order valence-electron chi connectivity index (χ3n) is 3.54. The fourth-order valence-electron chi connectivity index (χ4n) is 2.14. The van der Waals surface area contributed by atoms with Crippen LogP contribution in [-0.4, -0.2) is 0 Å². The van der Waals surface area contributed by atoms with Crippen molar-refractivity contribution < 1.29 is 0 Å². The van der Waals surface area contributed by atoms with Gasteiger partial charge < -0.3 is 0 Å². The zero-order valence-electron chi connectivity index (χ0n) is 8.90. The quantitative estimate of drug-likeness (QED) is 0.588. The largest absolute Gasteiger partial charge is 0.0651 e. The van der Waals surface area contributed by atoms with Crippen molar-refractivity contribution in [2.45, 2.75) is 59.3 Å². The summed E-state index contributed by atoms with van der Waals surface area (Å²) < 4.78 is 0. The molecule has 1 aliphatic carbocycles. The van der Waals surface area contributed by atoms with Gasteiger partial charge in [-0.1, -0.05) is 40.0 Å². The molecule has 0 aromatic heterocycles. The molecule has 0 aromatic carbocycles. The van der Waals surface area contributed by atoms with E-state index in [0.717, 1.165) is 11.8 Å². The molecule has 0 heterocycles. The Morgan fingerprint density at radius 1 is 1.08 bits per heavy atom. The Balaban J connectivity index is 2.19. The summed E-state index contributed by atoms with van der Waals surface area (Å²) in [4.78, 5) is 0. The first-order valence-corrected chi connectivity index (χ1v) is 5.57. The van der Waals surface area contributed by atoms with E-state index in [0.29, 0.717) is 0 Å². The van der Waals surface area contributed by atoms with E-state index < -0.39 is 0 Å². The summed E-state index contributed by atoms with van der Waals surface area (Å²) in [6, 6.07) is 0. The van der Waals surface area contributed by atoms with E-state index in [1.165, 1.54) is 38.5 Å². The first-order valence-electron chi connectivity index (χ1n) is 5.57. The molecule has 0 N–H and O–H groups in total.